The van der Waals surface area contributed by atoms with Gasteiger partial charge >= 0.3 is 0 Å². The quantitative estimate of drug-likeness (QED) is 0.849. The van der Waals surface area contributed by atoms with E-state index in [4.69, 9.17) is 5.73 Å². The number of piperazine rings is 1. The minimum absolute atomic E-state index is 0. The van der Waals surface area contributed by atoms with Gasteiger partial charge in [0.15, 0.2) is 0 Å². The predicted octanol–water partition coefficient (Wildman–Crippen LogP) is 1.79. The van der Waals surface area contributed by atoms with Crippen molar-refractivity contribution in [3.05, 3.63) is 0 Å². The Balaban J connectivity index is 0.00000192. The molecule has 6 heteroatoms. The second kappa shape index (κ2) is 8.34. The highest BCUT2D eigenvalue weighted by Crippen LogP contribution is 2.27. The molecule has 0 aromatic rings. The molecule has 0 spiro atoms. The number of nitrogens with two attached hydrogens (primary N) is 1. The number of amides is 2. The van der Waals surface area contributed by atoms with E-state index in [1.165, 1.54) is 25.7 Å². The molecule has 1 heterocycles. The maximum absolute atomic E-state index is 12.6. The molecule has 1 saturated heterocycles. The van der Waals surface area contributed by atoms with Crippen LogP contribution in [0.15, 0.2) is 0 Å². The summed E-state index contributed by atoms with van der Waals surface area (Å²) in [6, 6.07) is 0.155. The monoisotopic (exact) mass is 343 g/mol. The zero-order valence-corrected chi connectivity index (χ0v) is 14.7. The molecule has 2 unspecified atom stereocenters. The zero-order chi connectivity index (χ0) is 15.5. The highest BCUT2D eigenvalue weighted by Gasteiger charge is 2.34. The van der Waals surface area contributed by atoms with E-state index in [0.29, 0.717) is 19.0 Å². The molecule has 2 N–H and O–H groups in total. The van der Waals surface area contributed by atoms with Gasteiger partial charge in [-0.25, -0.2) is 0 Å². The lowest BCUT2D eigenvalue weighted by Gasteiger charge is -2.38. The molecule has 23 heavy (non-hydrogen) atoms. The van der Waals surface area contributed by atoms with Crippen LogP contribution in [0.3, 0.4) is 0 Å². The fourth-order valence-electron chi connectivity index (χ4n) is 4.30. The Kier molecular flexibility index (Phi) is 6.72. The van der Waals surface area contributed by atoms with Gasteiger partial charge in [0.2, 0.25) is 11.8 Å². The van der Waals surface area contributed by atoms with Gasteiger partial charge in [-0.15, -0.1) is 12.4 Å². The van der Waals surface area contributed by atoms with Crippen molar-refractivity contribution in [3.63, 3.8) is 0 Å². The van der Waals surface area contributed by atoms with E-state index in [-0.39, 0.29) is 42.7 Å². The molecule has 132 valence electrons. The molecule has 0 radical (unpaired) electrons. The van der Waals surface area contributed by atoms with Crippen molar-refractivity contribution >= 4 is 24.2 Å². The molecule has 2 amide bonds. The van der Waals surface area contributed by atoms with E-state index in [2.05, 4.69) is 0 Å². The van der Waals surface area contributed by atoms with Crippen LogP contribution in [0.25, 0.3) is 0 Å². The van der Waals surface area contributed by atoms with Crippen molar-refractivity contribution in [1.29, 1.82) is 0 Å². The Morgan fingerprint density at radius 1 is 1.09 bits per heavy atom. The lowest BCUT2D eigenvalue weighted by atomic mass is 9.85. The largest absolute Gasteiger partial charge is 0.339 e. The third-order valence-corrected chi connectivity index (χ3v) is 5.65. The molecule has 5 nitrogen and oxygen atoms in total. The first-order valence-corrected chi connectivity index (χ1v) is 8.95. The van der Waals surface area contributed by atoms with E-state index >= 15 is 0 Å². The van der Waals surface area contributed by atoms with Crippen molar-refractivity contribution in [2.24, 2.45) is 17.6 Å². The maximum atomic E-state index is 12.6. The second-order valence-electron chi connectivity index (χ2n) is 7.37. The van der Waals surface area contributed by atoms with Gasteiger partial charge < -0.3 is 15.5 Å². The first-order valence-electron chi connectivity index (χ1n) is 8.95. The topological polar surface area (TPSA) is 66.6 Å². The molecule has 3 aliphatic rings. The molecule has 2 aliphatic carbocycles. The van der Waals surface area contributed by atoms with Crippen LogP contribution in [0.2, 0.25) is 0 Å². The fraction of sp³-hybridized carbons (Fsp3) is 0.882. The summed E-state index contributed by atoms with van der Waals surface area (Å²) in [5.41, 5.74) is 5.99. The van der Waals surface area contributed by atoms with Gasteiger partial charge in [0.05, 0.1) is 6.54 Å². The summed E-state index contributed by atoms with van der Waals surface area (Å²) in [6.07, 6.45) is 8.90. The summed E-state index contributed by atoms with van der Waals surface area (Å²) >= 11 is 0. The average Bonchev–Trinajstić information content (AvgIpc) is 3.01. The third kappa shape index (κ3) is 4.60. The van der Waals surface area contributed by atoms with E-state index in [1.54, 1.807) is 4.90 Å². The van der Waals surface area contributed by atoms with Crippen LogP contribution in [0.4, 0.5) is 0 Å². The van der Waals surface area contributed by atoms with Crippen LogP contribution in [-0.2, 0) is 9.59 Å². The lowest BCUT2D eigenvalue weighted by molar-refractivity contribution is -0.148. The number of carbonyl (C=O) groups is 2. The van der Waals surface area contributed by atoms with Gasteiger partial charge in [-0.2, -0.15) is 0 Å². The average molecular weight is 344 g/mol. The molecular formula is C17H30ClN3O2. The van der Waals surface area contributed by atoms with Crippen LogP contribution in [0.1, 0.15) is 51.4 Å². The number of hydrogen-bond acceptors (Lipinski definition) is 3. The lowest BCUT2D eigenvalue weighted by Crippen LogP contribution is -2.54. The first-order chi connectivity index (χ1) is 10.6. The third-order valence-electron chi connectivity index (χ3n) is 5.65. The Hall–Kier alpha value is -0.810. The van der Waals surface area contributed by atoms with Crippen LogP contribution < -0.4 is 5.73 Å². The second-order valence-corrected chi connectivity index (χ2v) is 7.37. The van der Waals surface area contributed by atoms with E-state index in [0.717, 1.165) is 32.2 Å². The zero-order valence-electron chi connectivity index (χ0n) is 13.9. The Labute approximate surface area is 145 Å². The van der Waals surface area contributed by atoms with Crippen molar-refractivity contribution in [2.45, 2.75) is 57.4 Å². The molecule has 3 fully saturated rings. The van der Waals surface area contributed by atoms with Gasteiger partial charge in [0, 0.05) is 31.6 Å². The van der Waals surface area contributed by atoms with E-state index < -0.39 is 0 Å². The number of carbonyl (C=O) groups excluding carboxylic acids is 2. The standard InChI is InChI=1S/C17H29N3O2.ClH/c18-15-7-3-6-14(10-15)17(22)20-9-8-19(16(21)12-20)11-13-4-1-2-5-13;/h13-15H,1-12,18H2;1H. The SMILES string of the molecule is Cl.NC1CCCC(C(=O)N2CCN(CC3CCCC3)C(=O)C2)C1. The number of hydrogen-bond donors (Lipinski definition) is 1. The van der Waals surface area contributed by atoms with Crippen molar-refractivity contribution in [2.75, 3.05) is 26.2 Å². The van der Waals surface area contributed by atoms with Crippen molar-refractivity contribution in [3.8, 4) is 0 Å². The minimum atomic E-state index is 0. The summed E-state index contributed by atoms with van der Waals surface area (Å²) in [7, 11) is 0. The Bertz CT molecular complexity index is 426. The first kappa shape index (κ1) is 18.5. The molecule has 2 atom stereocenters. The van der Waals surface area contributed by atoms with E-state index in [1.807, 2.05) is 4.90 Å². The van der Waals surface area contributed by atoms with Crippen LogP contribution >= 0.6 is 12.4 Å². The summed E-state index contributed by atoms with van der Waals surface area (Å²) in [5, 5.41) is 0. The Morgan fingerprint density at radius 3 is 2.48 bits per heavy atom. The van der Waals surface area contributed by atoms with Gasteiger partial charge in [-0.1, -0.05) is 19.3 Å². The highest BCUT2D eigenvalue weighted by molar-refractivity contribution is 5.87. The van der Waals surface area contributed by atoms with Gasteiger partial charge in [0.1, 0.15) is 0 Å². The van der Waals surface area contributed by atoms with Gasteiger partial charge in [0.25, 0.3) is 0 Å². The summed E-state index contributed by atoms with van der Waals surface area (Å²) in [4.78, 5) is 28.7. The molecule has 0 aromatic carbocycles. The summed E-state index contributed by atoms with van der Waals surface area (Å²) < 4.78 is 0. The maximum Gasteiger partial charge on any atom is 0.242 e. The summed E-state index contributed by atoms with van der Waals surface area (Å²) in [6.45, 7) is 2.58. The van der Waals surface area contributed by atoms with Crippen LogP contribution in [0, 0.1) is 11.8 Å². The molecule has 0 aromatic heterocycles. The number of rotatable bonds is 3. The van der Waals surface area contributed by atoms with Crippen molar-refractivity contribution in [1.82, 2.24) is 9.80 Å². The van der Waals surface area contributed by atoms with Crippen LogP contribution in [0.5, 0.6) is 0 Å². The smallest absolute Gasteiger partial charge is 0.242 e. The van der Waals surface area contributed by atoms with Crippen LogP contribution in [-0.4, -0.2) is 53.8 Å². The van der Waals surface area contributed by atoms with E-state index in [9.17, 15) is 9.59 Å². The summed E-state index contributed by atoms with van der Waals surface area (Å²) in [5.74, 6) is 1.01. The molecule has 2 saturated carbocycles. The normalized spacial score (nSPS) is 29.5. The predicted molar refractivity (Wildman–Crippen MR) is 92.3 cm³/mol. The van der Waals surface area contributed by atoms with Crippen molar-refractivity contribution < 1.29 is 9.59 Å². The van der Waals surface area contributed by atoms with Gasteiger partial charge in [-0.05, 0) is 38.0 Å². The fourth-order valence-corrected chi connectivity index (χ4v) is 4.30. The Morgan fingerprint density at radius 2 is 1.83 bits per heavy atom. The number of halogens is 1. The molecule has 1 aliphatic heterocycles. The van der Waals surface area contributed by atoms with Gasteiger partial charge in [-0.3, -0.25) is 9.59 Å². The molecular weight excluding hydrogens is 314 g/mol. The minimum Gasteiger partial charge on any atom is -0.339 e. The number of nitrogens with zero attached hydrogens (tertiary/aromatic N) is 2. The molecule has 3 rings (SSSR count). The molecule has 0 bridgehead atoms. The highest BCUT2D eigenvalue weighted by atomic mass is 35.5.